The van der Waals surface area contributed by atoms with Crippen molar-refractivity contribution >= 4 is 52.8 Å². The minimum Gasteiger partial charge on any atom is -0.497 e. The van der Waals surface area contributed by atoms with Crippen LogP contribution >= 0.6 is 34.8 Å². The molecule has 8 nitrogen and oxygen atoms in total. The Labute approximate surface area is 210 Å². The second-order valence-electron chi connectivity index (χ2n) is 6.75. The zero-order chi connectivity index (χ0) is 24.6. The Hall–Kier alpha value is -3.33. The van der Waals surface area contributed by atoms with Gasteiger partial charge < -0.3 is 14.8 Å². The van der Waals surface area contributed by atoms with Gasteiger partial charge in [0.15, 0.2) is 0 Å². The van der Waals surface area contributed by atoms with E-state index in [-0.39, 0.29) is 5.91 Å². The summed E-state index contributed by atoms with van der Waals surface area (Å²) in [5.41, 5.74) is 3.87. The zero-order valence-electron chi connectivity index (χ0n) is 17.7. The van der Waals surface area contributed by atoms with Crippen molar-refractivity contribution in [3.63, 3.8) is 0 Å². The van der Waals surface area contributed by atoms with Crippen LogP contribution in [0.4, 0.5) is 0 Å². The molecule has 0 aliphatic rings. The van der Waals surface area contributed by atoms with Gasteiger partial charge in [-0.25, -0.2) is 5.43 Å². The summed E-state index contributed by atoms with van der Waals surface area (Å²) in [7, 11) is 1.53. The van der Waals surface area contributed by atoms with Gasteiger partial charge in [-0.2, -0.15) is 5.10 Å². The first-order valence-electron chi connectivity index (χ1n) is 9.78. The Morgan fingerprint density at radius 2 is 1.50 bits per heavy atom. The van der Waals surface area contributed by atoms with E-state index in [9.17, 15) is 9.59 Å². The Balaban J connectivity index is 1.61. The fourth-order valence-corrected chi connectivity index (χ4v) is 2.92. The molecule has 0 saturated carbocycles. The summed E-state index contributed by atoms with van der Waals surface area (Å²) in [4.78, 5) is 28.4. The number of hydrogen-bond donors (Lipinski definition) is 2. The maximum atomic E-state index is 12.6. The van der Waals surface area contributed by atoms with Gasteiger partial charge in [0.1, 0.15) is 11.5 Å². The fourth-order valence-electron chi connectivity index (χ4n) is 2.62. The number of pyridine rings is 1. The lowest BCUT2D eigenvalue weighted by atomic mass is 10.2. The van der Waals surface area contributed by atoms with E-state index in [1.165, 1.54) is 25.7 Å². The largest absolute Gasteiger partial charge is 0.497 e. The van der Waals surface area contributed by atoms with Crippen molar-refractivity contribution in [3.8, 4) is 11.5 Å². The van der Waals surface area contributed by atoms with Crippen LogP contribution in [-0.4, -0.2) is 40.1 Å². The summed E-state index contributed by atoms with van der Waals surface area (Å²) in [5, 5.41) is 6.48. The van der Waals surface area contributed by atoms with E-state index in [0.717, 1.165) is 0 Å². The van der Waals surface area contributed by atoms with E-state index < -0.39 is 15.9 Å². The standard InChI is InChI=1S/C23H19Cl3N4O4/c1-33-18-8-4-16(5-9-18)20(31)29-22(23(24,25)26)34-19-6-2-15(3-7-19)14-28-30-21(32)17-10-12-27-13-11-17/h2-14,22H,1H3,(H,29,31)(H,30,32). The second kappa shape index (κ2) is 11.7. The predicted octanol–water partition coefficient (Wildman–Crippen LogP) is 4.36. The molecule has 0 spiro atoms. The molecule has 2 amide bonds. The number of hydrogen-bond acceptors (Lipinski definition) is 6. The van der Waals surface area contributed by atoms with Crippen LogP contribution in [0.25, 0.3) is 0 Å². The average Bonchev–Trinajstić information content (AvgIpc) is 2.84. The van der Waals surface area contributed by atoms with E-state index in [1.54, 1.807) is 60.7 Å². The molecule has 0 radical (unpaired) electrons. The van der Waals surface area contributed by atoms with Gasteiger partial charge in [-0.3, -0.25) is 14.6 Å². The number of alkyl halides is 3. The Morgan fingerprint density at radius 1 is 0.912 bits per heavy atom. The lowest BCUT2D eigenvalue weighted by Crippen LogP contribution is -2.47. The quantitative estimate of drug-likeness (QED) is 0.198. The first kappa shape index (κ1) is 25.3. The van der Waals surface area contributed by atoms with E-state index in [1.807, 2.05) is 0 Å². The van der Waals surface area contributed by atoms with Crippen molar-refractivity contribution in [1.82, 2.24) is 15.7 Å². The number of carbonyl (C=O) groups is 2. The molecule has 0 aliphatic heterocycles. The maximum absolute atomic E-state index is 12.6. The third-order valence-corrected chi connectivity index (χ3v) is 4.96. The molecular formula is C23H19Cl3N4O4. The van der Waals surface area contributed by atoms with Gasteiger partial charge in [-0.05, 0) is 66.2 Å². The molecule has 2 N–H and O–H groups in total. The molecule has 0 bridgehead atoms. The number of rotatable bonds is 8. The van der Waals surface area contributed by atoms with Crippen molar-refractivity contribution < 1.29 is 19.1 Å². The van der Waals surface area contributed by atoms with Crippen LogP contribution in [0.3, 0.4) is 0 Å². The van der Waals surface area contributed by atoms with Crippen LogP contribution in [0.2, 0.25) is 0 Å². The molecule has 1 atom stereocenters. The maximum Gasteiger partial charge on any atom is 0.271 e. The molecule has 0 saturated heterocycles. The lowest BCUT2D eigenvalue weighted by molar-refractivity contribution is 0.0832. The van der Waals surface area contributed by atoms with E-state index in [2.05, 4.69) is 20.8 Å². The number of methoxy groups -OCH3 is 1. The van der Waals surface area contributed by atoms with E-state index in [4.69, 9.17) is 44.3 Å². The molecule has 11 heteroatoms. The molecule has 0 fully saturated rings. The number of nitrogens with one attached hydrogen (secondary N) is 2. The smallest absolute Gasteiger partial charge is 0.271 e. The van der Waals surface area contributed by atoms with Gasteiger partial charge in [0.2, 0.25) is 10.0 Å². The summed E-state index contributed by atoms with van der Waals surface area (Å²) >= 11 is 18.0. The lowest BCUT2D eigenvalue weighted by Gasteiger charge is -2.26. The molecule has 1 unspecified atom stereocenters. The van der Waals surface area contributed by atoms with Crippen molar-refractivity contribution in [1.29, 1.82) is 0 Å². The predicted molar refractivity (Wildman–Crippen MR) is 131 cm³/mol. The molecule has 2 aromatic carbocycles. The minimum absolute atomic E-state index is 0.337. The molecule has 1 heterocycles. The number of benzene rings is 2. The molecule has 176 valence electrons. The molecule has 0 aliphatic carbocycles. The van der Waals surface area contributed by atoms with Gasteiger partial charge >= 0.3 is 0 Å². The fraction of sp³-hybridized carbons (Fsp3) is 0.130. The molecule has 3 rings (SSSR count). The van der Waals surface area contributed by atoms with Gasteiger partial charge in [0.05, 0.1) is 13.3 Å². The number of hydrazone groups is 1. The topological polar surface area (TPSA) is 102 Å². The summed E-state index contributed by atoms with van der Waals surface area (Å²) in [6.45, 7) is 0. The number of ether oxygens (including phenoxy) is 2. The van der Waals surface area contributed by atoms with Gasteiger partial charge in [-0.1, -0.05) is 34.8 Å². The SMILES string of the molecule is COc1ccc(C(=O)NC(Oc2ccc(C=NNC(=O)c3ccncc3)cc2)C(Cl)(Cl)Cl)cc1. The monoisotopic (exact) mass is 520 g/mol. The van der Waals surface area contributed by atoms with Crippen LogP contribution in [-0.2, 0) is 0 Å². The van der Waals surface area contributed by atoms with Crippen LogP contribution in [0.1, 0.15) is 26.3 Å². The number of halogens is 3. The number of aromatic nitrogens is 1. The van der Waals surface area contributed by atoms with Crippen molar-refractivity contribution in [2.24, 2.45) is 5.10 Å². The first-order chi connectivity index (χ1) is 16.3. The average molecular weight is 522 g/mol. The van der Waals surface area contributed by atoms with Gasteiger partial charge in [0, 0.05) is 23.5 Å². The number of amides is 2. The van der Waals surface area contributed by atoms with Crippen molar-refractivity contribution in [3.05, 3.63) is 89.7 Å². The highest BCUT2D eigenvalue weighted by atomic mass is 35.6. The summed E-state index contributed by atoms with van der Waals surface area (Å²) < 4.78 is 8.83. The molecular weight excluding hydrogens is 503 g/mol. The van der Waals surface area contributed by atoms with Gasteiger partial charge in [-0.15, -0.1) is 0 Å². The molecule has 3 aromatic rings. The van der Waals surface area contributed by atoms with Crippen LogP contribution in [0.5, 0.6) is 11.5 Å². The summed E-state index contributed by atoms with van der Waals surface area (Å²) in [6.07, 6.45) is 3.22. The van der Waals surface area contributed by atoms with E-state index in [0.29, 0.717) is 28.2 Å². The summed E-state index contributed by atoms with van der Waals surface area (Å²) in [5.74, 6) is 0.0833. The summed E-state index contributed by atoms with van der Waals surface area (Å²) in [6, 6.07) is 16.1. The molecule has 1 aromatic heterocycles. The van der Waals surface area contributed by atoms with Crippen LogP contribution in [0.15, 0.2) is 78.2 Å². The Bertz CT molecular complexity index is 1140. The minimum atomic E-state index is -1.94. The van der Waals surface area contributed by atoms with Gasteiger partial charge in [0.25, 0.3) is 11.8 Å². The Morgan fingerprint density at radius 3 is 2.09 bits per heavy atom. The van der Waals surface area contributed by atoms with E-state index >= 15 is 0 Å². The second-order valence-corrected chi connectivity index (χ2v) is 9.11. The van der Waals surface area contributed by atoms with Crippen molar-refractivity contribution in [2.45, 2.75) is 10.0 Å². The third-order valence-electron chi connectivity index (χ3n) is 4.37. The highest BCUT2D eigenvalue weighted by Crippen LogP contribution is 2.32. The van der Waals surface area contributed by atoms with Crippen molar-refractivity contribution in [2.75, 3.05) is 7.11 Å². The normalized spacial score (nSPS) is 12.1. The molecule has 34 heavy (non-hydrogen) atoms. The first-order valence-corrected chi connectivity index (χ1v) is 10.9. The number of carbonyl (C=O) groups excluding carboxylic acids is 2. The van der Waals surface area contributed by atoms with Crippen LogP contribution in [0, 0.1) is 0 Å². The number of nitrogens with zero attached hydrogens (tertiary/aromatic N) is 2. The Kier molecular flexibility index (Phi) is 8.70. The van der Waals surface area contributed by atoms with Crippen LogP contribution < -0.4 is 20.2 Å². The highest BCUT2D eigenvalue weighted by molar-refractivity contribution is 6.68. The zero-order valence-corrected chi connectivity index (χ0v) is 20.0. The third kappa shape index (κ3) is 7.34. The highest BCUT2D eigenvalue weighted by Gasteiger charge is 2.36.